The lowest BCUT2D eigenvalue weighted by Gasteiger charge is -2.18. The van der Waals surface area contributed by atoms with Crippen LogP contribution in [0.25, 0.3) is 0 Å². The first-order valence-corrected chi connectivity index (χ1v) is 6.43. The molecule has 0 heterocycles. The lowest BCUT2D eigenvalue weighted by atomic mass is 10.0. The molecule has 0 fully saturated rings. The molecule has 0 radical (unpaired) electrons. The maximum absolute atomic E-state index is 10.00. The van der Waals surface area contributed by atoms with E-state index >= 15 is 0 Å². The fraction of sp³-hybridized carbons (Fsp3) is 0.250. The topological polar surface area (TPSA) is 52.5 Å². The van der Waals surface area contributed by atoms with Gasteiger partial charge < -0.3 is 15.5 Å². The first-order chi connectivity index (χ1) is 9.27. The van der Waals surface area contributed by atoms with Crippen molar-refractivity contribution in [2.45, 2.75) is 18.8 Å². The second kappa shape index (κ2) is 7.04. The van der Waals surface area contributed by atoms with Crippen molar-refractivity contribution >= 4 is 0 Å². The van der Waals surface area contributed by atoms with E-state index in [-0.39, 0.29) is 0 Å². The normalized spacial score (nSPS) is 14.0. The highest BCUT2D eigenvalue weighted by atomic mass is 16.3. The van der Waals surface area contributed by atoms with E-state index in [9.17, 15) is 10.2 Å². The second-order valence-electron chi connectivity index (χ2n) is 4.54. The standard InChI is InChI=1S/C16H19NO2/c18-15(16(19)14-9-5-2-6-10-14)12-17-11-13-7-3-1-4-8-13/h1-10,15-19H,11-12H2. The number of aliphatic hydroxyl groups is 2. The monoisotopic (exact) mass is 257 g/mol. The van der Waals surface area contributed by atoms with Crippen molar-refractivity contribution in [1.29, 1.82) is 0 Å². The lowest BCUT2D eigenvalue weighted by Crippen LogP contribution is -2.31. The highest BCUT2D eigenvalue weighted by molar-refractivity contribution is 5.18. The van der Waals surface area contributed by atoms with Gasteiger partial charge in [0.15, 0.2) is 0 Å². The number of nitrogens with one attached hydrogen (secondary N) is 1. The van der Waals surface area contributed by atoms with Crippen molar-refractivity contribution in [1.82, 2.24) is 5.32 Å². The van der Waals surface area contributed by atoms with Gasteiger partial charge in [-0.1, -0.05) is 60.7 Å². The Kier molecular flexibility index (Phi) is 5.10. The summed E-state index contributed by atoms with van der Waals surface area (Å²) in [5.41, 5.74) is 1.89. The van der Waals surface area contributed by atoms with Crippen molar-refractivity contribution < 1.29 is 10.2 Å². The summed E-state index contributed by atoms with van der Waals surface area (Å²) < 4.78 is 0. The molecule has 2 unspecified atom stereocenters. The summed E-state index contributed by atoms with van der Waals surface area (Å²) in [6.07, 6.45) is -1.67. The lowest BCUT2D eigenvalue weighted by molar-refractivity contribution is 0.0189. The highest BCUT2D eigenvalue weighted by Gasteiger charge is 2.17. The minimum Gasteiger partial charge on any atom is -0.389 e. The Morgan fingerprint density at radius 3 is 2.05 bits per heavy atom. The van der Waals surface area contributed by atoms with Gasteiger partial charge in [0.25, 0.3) is 0 Å². The summed E-state index contributed by atoms with van der Waals surface area (Å²) >= 11 is 0. The molecule has 19 heavy (non-hydrogen) atoms. The minimum atomic E-state index is -0.857. The van der Waals surface area contributed by atoms with E-state index in [4.69, 9.17) is 0 Å². The summed E-state index contributed by atoms with van der Waals surface area (Å²) in [6, 6.07) is 19.2. The maximum atomic E-state index is 10.00. The van der Waals surface area contributed by atoms with Crippen molar-refractivity contribution in [2.24, 2.45) is 0 Å². The van der Waals surface area contributed by atoms with Gasteiger partial charge in [-0.15, -0.1) is 0 Å². The average Bonchev–Trinajstić information content (AvgIpc) is 2.48. The van der Waals surface area contributed by atoms with Gasteiger partial charge in [-0.25, -0.2) is 0 Å². The molecule has 0 aromatic heterocycles. The van der Waals surface area contributed by atoms with Gasteiger partial charge in [0.1, 0.15) is 6.10 Å². The first-order valence-electron chi connectivity index (χ1n) is 6.43. The van der Waals surface area contributed by atoms with E-state index in [0.29, 0.717) is 13.1 Å². The molecule has 0 amide bonds. The van der Waals surface area contributed by atoms with Crippen LogP contribution in [0.4, 0.5) is 0 Å². The molecule has 3 nitrogen and oxygen atoms in total. The molecule has 0 aliphatic carbocycles. The molecule has 0 spiro atoms. The molecule has 2 atom stereocenters. The molecule has 2 aromatic rings. The van der Waals surface area contributed by atoms with Crippen molar-refractivity contribution in [3.8, 4) is 0 Å². The average molecular weight is 257 g/mol. The number of hydrogen-bond acceptors (Lipinski definition) is 3. The highest BCUT2D eigenvalue weighted by Crippen LogP contribution is 2.15. The molecule has 0 bridgehead atoms. The molecule has 0 saturated carbocycles. The van der Waals surface area contributed by atoms with E-state index in [1.54, 1.807) is 0 Å². The van der Waals surface area contributed by atoms with Crippen LogP contribution in [-0.2, 0) is 6.54 Å². The van der Waals surface area contributed by atoms with Crippen LogP contribution in [0.3, 0.4) is 0 Å². The third kappa shape index (κ3) is 4.17. The molecule has 2 rings (SSSR count). The zero-order chi connectivity index (χ0) is 13.5. The quantitative estimate of drug-likeness (QED) is 0.740. The predicted octanol–water partition coefficient (Wildman–Crippen LogP) is 1.87. The van der Waals surface area contributed by atoms with Crippen molar-refractivity contribution in [3.05, 3.63) is 71.8 Å². The van der Waals surface area contributed by atoms with Gasteiger partial charge in [0.05, 0.1) is 6.10 Å². The fourth-order valence-corrected chi connectivity index (χ4v) is 1.94. The zero-order valence-electron chi connectivity index (χ0n) is 10.7. The zero-order valence-corrected chi connectivity index (χ0v) is 10.7. The SMILES string of the molecule is OC(CNCc1ccccc1)C(O)c1ccccc1. The molecule has 0 aliphatic rings. The van der Waals surface area contributed by atoms with Crippen LogP contribution in [0.15, 0.2) is 60.7 Å². The largest absolute Gasteiger partial charge is 0.389 e. The molecular weight excluding hydrogens is 238 g/mol. The molecule has 3 N–H and O–H groups in total. The Labute approximate surface area is 113 Å². The Morgan fingerprint density at radius 2 is 1.42 bits per heavy atom. The first kappa shape index (κ1) is 13.7. The summed E-state index contributed by atoms with van der Waals surface area (Å²) in [7, 11) is 0. The summed E-state index contributed by atoms with van der Waals surface area (Å²) in [5.74, 6) is 0. The van der Waals surface area contributed by atoms with Crippen LogP contribution >= 0.6 is 0 Å². The Morgan fingerprint density at radius 1 is 0.842 bits per heavy atom. The molecule has 0 saturated heterocycles. The van der Waals surface area contributed by atoms with Gasteiger partial charge in [0, 0.05) is 13.1 Å². The second-order valence-corrected chi connectivity index (χ2v) is 4.54. The smallest absolute Gasteiger partial charge is 0.106 e. The molecule has 3 heteroatoms. The van der Waals surface area contributed by atoms with Crippen LogP contribution < -0.4 is 5.32 Å². The Hall–Kier alpha value is -1.68. The number of aliphatic hydroxyl groups excluding tert-OH is 2. The number of rotatable bonds is 6. The van der Waals surface area contributed by atoms with Crippen LogP contribution in [0.1, 0.15) is 17.2 Å². The van der Waals surface area contributed by atoms with Crippen LogP contribution in [-0.4, -0.2) is 22.9 Å². The number of benzene rings is 2. The van der Waals surface area contributed by atoms with E-state index < -0.39 is 12.2 Å². The van der Waals surface area contributed by atoms with Crippen molar-refractivity contribution in [3.63, 3.8) is 0 Å². The van der Waals surface area contributed by atoms with E-state index in [0.717, 1.165) is 11.1 Å². The van der Waals surface area contributed by atoms with Crippen LogP contribution in [0.2, 0.25) is 0 Å². The Bertz CT molecular complexity index is 473. The molecule has 2 aromatic carbocycles. The predicted molar refractivity (Wildman–Crippen MR) is 75.6 cm³/mol. The summed E-state index contributed by atoms with van der Waals surface area (Å²) in [5, 5.41) is 23.1. The summed E-state index contributed by atoms with van der Waals surface area (Å²) in [4.78, 5) is 0. The maximum Gasteiger partial charge on any atom is 0.106 e. The third-order valence-corrected chi connectivity index (χ3v) is 3.03. The number of hydrogen-bond donors (Lipinski definition) is 3. The van der Waals surface area contributed by atoms with Gasteiger partial charge >= 0.3 is 0 Å². The van der Waals surface area contributed by atoms with Crippen LogP contribution in [0.5, 0.6) is 0 Å². The van der Waals surface area contributed by atoms with E-state index in [1.807, 2.05) is 60.7 Å². The van der Waals surface area contributed by atoms with E-state index in [1.165, 1.54) is 0 Å². The van der Waals surface area contributed by atoms with E-state index in [2.05, 4.69) is 5.32 Å². The fourth-order valence-electron chi connectivity index (χ4n) is 1.94. The summed E-state index contributed by atoms with van der Waals surface area (Å²) in [6.45, 7) is 1.03. The van der Waals surface area contributed by atoms with Gasteiger partial charge in [0.2, 0.25) is 0 Å². The molecule has 0 aliphatic heterocycles. The molecule has 100 valence electrons. The Balaban J connectivity index is 1.80. The third-order valence-electron chi connectivity index (χ3n) is 3.03. The van der Waals surface area contributed by atoms with Crippen LogP contribution in [0, 0.1) is 0 Å². The minimum absolute atomic E-state index is 0.352. The van der Waals surface area contributed by atoms with Gasteiger partial charge in [-0.3, -0.25) is 0 Å². The van der Waals surface area contributed by atoms with Crippen molar-refractivity contribution in [2.75, 3.05) is 6.54 Å². The molecular formula is C16H19NO2. The van der Waals surface area contributed by atoms with Gasteiger partial charge in [-0.05, 0) is 11.1 Å². The van der Waals surface area contributed by atoms with Gasteiger partial charge in [-0.2, -0.15) is 0 Å².